The zero-order valence-corrected chi connectivity index (χ0v) is 15.1. The lowest BCUT2D eigenvalue weighted by Gasteiger charge is -2.25. The van der Waals surface area contributed by atoms with Crippen molar-refractivity contribution in [1.29, 1.82) is 0 Å². The summed E-state index contributed by atoms with van der Waals surface area (Å²) in [4.78, 5) is 14.9. The van der Waals surface area contributed by atoms with Crippen LogP contribution in [0.25, 0.3) is 0 Å². The molecule has 0 radical (unpaired) electrons. The van der Waals surface area contributed by atoms with Gasteiger partial charge in [0.15, 0.2) is 5.82 Å². The molecule has 7 nitrogen and oxygen atoms in total. The highest BCUT2D eigenvalue weighted by Crippen LogP contribution is 2.40. The van der Waals surface area contributed by atoms with E-state index < -0.39 is 11.6 Å². The van der Waals surface area contributed by atoms with Crippen molar-refractivity contribution < 1.29 is 8.78 Å². The number of H-pyrrole nitrogens is 1. The molecule has 28 heavy (non-hydrogen) atoms. The summed E-state index contributed by atoms with van der Waals surface area (Å²) in [6, 6.07) is 5.43. The number of nitrogens with one attached hydrogen (secondary N) is 2. The molecule has 5 rings (SSSR count). The lowest BCUT2D eigenvalue weighted by Crippen LogP contribution is -2.25. The van der Waals surface area contributed by atoms with Crippen LogP contribution in [0, 0.1) is 11.6 Å². The van der Waals surface area contributed by atoms with Crippen LogP contribution in [0.4, 0.5) is 26.5 Å². The molecular weight excluding hydrogens is 364 g/mol. The van der Waals surface area contributed by atoms with E-state index in [1.165, 1.54) is 31.3 Å². The van der Waals surface area contributed by atoms with Gasteiger partial charge in [0, 0.05) is 35.9 Å². The van der Waals surface area contributed by atoms with Crippen LogP contribution in [-0.4, -0.2) is 31.7 Å². The van der Waals surface area contributed by atoms with Gasteiger partial charge in [-0.05, 0) is 31.7 Å². The Balaban J connectivity index is 1.38. The van der Waals surface area contributed by atoms with Crippen molar-refractivity contribution in [3.8, 4) is 0 Å². The van der Waals surface area contributed by atoms with E-state index >= 15 is 0 Å². The second-order valence-electron chi connectivity index (χ2n) is 7.23. The summed E-state index contributed by atoms with van der Waals surface area (Å²) >= 11 is 0. The molecule has 2 N–H and O–H groups in total. The van der Waals surface area contributed by atoms with Crippen molar-refractivity contribution in [3.63, 3.8) is 0 Å². The molecule has 1 aliphatic heterocycles. The van der Waals surface area contributed by atoms with Gasteiger partial charge in [-0.2, -0.15) is 10.1 Å². The first-order chi connectivity index (χ1) is 13.7. The lowest BCUT2D eigenvalue weighted by molar-refractivity contribution is 0.552. The topological polar surface area (TPSA) is 82.6 Å². The number of hydrogen-bond donors (Lipinski definition) is 2. The Labute approximate surface area is 160 Å². The van der Waals surface area contributed by atoms with Gasteiger partial charge in [-0.15, -0.1) is 0 Å². The largest absolute Gasteiger partial charge is 0.334 e. The van der Waals surface area contributed by atoms with Crippen LogP contribution in [0.1, 0.15) is 48.9 Å². The monoisotopic (exact) mass is 383 g/mol. The summed E-state index contributed by atoms with van der Waals surface area (Å²) in [5.41, 5.74) is 1.57. The van der Waals surface area contributed by atoms with E-state index in [1.54, 1.807) is 0 Å². The van der Waals surface area contributed by atoms with Gasteiger partial charge in [0.25, 0.3) is 0 Å². The van der Waals surface area contributed by atoms with Crippen molar-refractivity contribution in [3.05, 3.63) is 53.5 Å². The summed E-state index contributed by atoms with van der Waals surface area (Å²) < 4.78 is 27.6. The molecule has 2 aromatic heterocycles. The minimum absolute atomic E-state index is 0.234. The highest BCUT2D eigenvalue weighted by molar-refractivity contribution is 5.50. The maximum atomic E-state index is 14.3. The first-order valence-electron chi connectivity index (χ1n) is 9.40. The Morgan fingerprint density at radius 2 is 2.00 bits per heavy atom. The van der Waals surface area contributed by atoms with Gasteiger partial charge in [-0.3, -0.25) is 5.10 Å². The molecule has 1 saturated carbocycles. The van der Waals surface area contributed by atoms with Crippen LogP contribution in [0.3, 0.4) is 0 Å². The van der Waals surface area contributed by atoms with Gasteiger partial charge >= 0.3 is 0 Å². The molecule has 0 amide bonds. The molecule has 1 aromatic carbocycles. The zero-order valence-electron chi connectivity index (χ0n) is 15.1. The standard InChI is InChI=1S/C19H19F2N7/c20-12-5-6-13(14(21)8-12)16-2-1-7-28(16)19-23-10-22-18(25-19)24-17-9-15(26-27-17)11-3-4-11/h5-6,8-11,16H,1-4,7H2,(H2,22,23,24,25,26,27). The summed E-state index contributed by atoms with van der Waals surface area (Å²) in [7, 11) is 0. The van der Waals surface area contributed by atoms with Crippen molar-refractivity contribution in [2.24, 2.45) is 0 Å². The Bertz CT molecular complexity index is 1000. The smallest absolute Gasteiger partial charge is 0.233 e. The summed E-state index contributed by atoms with van der Waals surface area (Å²) in [5.74, 6) is 0.940. The van der Waals surface area contributed by atoms with Crippen molar-refractivity contribution in [2.45, 2.75) is 37.6 Å². The van der Waals surface area contributed by atoms with Crippen molar-refractivity contribution >= 4 is 17.7 Å². The predicted octanol–water partition coefficient (Wildman–Crippen LogP) is 3.84. The third kappa shape index (κ3) is 3.28. The molecule has 1 unspecified atom stereocenters. The van der Waals surface area contributed by atoms with E-state index in [-0.39, 0.29) is 6.04 Å². The van der Waals surface area contributed by atoms with Crippen molar-refractivity contribution in [2.75, 3.05) is 16.8 Å². The highest BCUT2D eigenvalue weighted by Gasteiger charge is 2.30. The Hall–Kier alpha value is -3.10. The third-order valence-electron chi connectivity index (χ3n) is 5.25. The summed E-state index contributed by atoms with van der Waals surface area (Å²) in [6.07, 6.45) is 5.43. The molecule has 0 spiro atoms. The Morgan fingerprint density at radius 3 is 2.82 bits per heavy atom. The number of aromatic amines is 1. The number of halogens is 2. The first kappa shape index (κ1) is 17.0. The molecule has 144 valence electrons. The minimum atomic E-state index is -0.581. The Kier molecular flexibility index (Phi) is 4.14. The lowest BCUT2D eigenvalue weighted by atomic mass is 10.0. The molecular formula is C19H19F2N7. The molecule has 0 bridgehead atoms. The van der Waals surface area contributed by atoms with E-state index in [0.717, 1.165) is 24.6 Å². The van der Waals surface area contributed by atoms with Crippen LogP contribution >= 0.6 is 0 Å². The number of benzene rings is 1. The Morgan fingerprint density at radius 1 is 1.11 bits per heavy atom. The van der Waals surface area contributed by atoms with Gasteiger partial charge in [0.2, 0.25) is 11.9 Å². The second kappa shape index (κ2) is 6.81. The molecule has 2 fully saturated rings. The van der Waals surface area contributed by atoms with E-state index in [2.05, 4.69) is 30.5 Å². The second-order valence-corrected chi connectivity index (χ2v) is 7.23. The number of rotatable bonds is 5. The molecule has 1 saturated heterocycles. The number of aromatic nitrogens is 5. The van der Waals surface area contributed by atoms with Crippen LogP contribution in [-0.2, 0) is 0 Å². The fourth-order valence-corrected chi connectivity index (χ4v) is 3.71. The van der Waals surface area contributed by atoms with Gasteiger partial charge in [-0.1, -0.05) is 6.07 Å². The van der Waals surface area contributed by atoms with Gasteiger partial charge < -0.3 is 10.2 Å². The first-order valence-corrected chi connectivity index (χ1v) is 9.40. The van der Waals surface area contributed by atoms with Crippen LogP contribution in [0.15, 0.2) is 30.6 Å². The summed E-state index contributed by atoms with van der Waals surface area (Å²) in [6.45, 7) is 0.694. The number of hydrogen-bond acceptors (Lipinski definition) is 6. The van der Waals surface area contributed by atoms with Gasteiger partial charge in [0.05, 0.1) is 6.04 Å². The fraction of sp³-hybridized carbons (Fsp3) is 0.368. The maximum Gasteiger partial charge on any atom is 0.233 e. The van der Waals surface area contributed by atoms with Crippen LogP contribution < -0.4 is 10.2 Å². The average Bonchev–Trinajstić information content (AvgIpc) is 3.23. The van der Waals surface area contributed by atoms with E-state index in [4.69, 9.17) is 0 Å². The predicted molar refractivity (Wildman–Crippen MR) is 99.4 cm³/mol. The number of anilines is 3. The number of nitrogens with zero attached hydrogens (tertiary/aromatic N) is 5. The van der Waals surface area contributed by atoms with Gasteiger partial charge in [-0.25, -0.2) is 18.7 Å². The normalized spacial score (nSPS) is 19.2. The van der Waals surface area contributed by atoms with E-state index in [0.29, 0.717) is 35.7 Å². The van der Waals surface area contributed by atoms with E-state index in [9.17, 15) is 8.78 Å². The van der Waals surface area contributed by atoms with Crippen molar-refractivity contribution in [1.82, 2.24) is 25.1 Å². The summed E-state index contributed by atoms with van der Waals surface area (Å²) in [5, 5.41) is 10.4. The third-order valence-corrected chi connectivity index (χ3v) is 5.25. The van der Waals surface area contributed by atoms with Crippen LogP contribution in [0.5, 0.6) is 0 Å². The molecule has 2 aliphatic rings. The van der Waals surface area contributed by atoms with Gasteiger partial charge in [0.1, 0.15) is 18.0 Å². The minimum Gasteiger partial charge on any atom is -0.334 e. The highest BCUT2D eigenvalue weighted by atomic mass is 19.1. The molecule has 3 heterocycles. The maximum absolute atomic E-state index is 14.3. The zero-order chi connectivity index (χ0) is 19.1. The molecule has 1 aliphatic carbocycles. The molecule has 3 aromatic rings. The SMILES string of the molecule is Fc1ccc(C2CCCN2c2ncnc(Nc3cc(C4CC4)[nH]n3)n2)c(F)c1. The average molecular weight is 383 g/mol. The quantitative estimate of drug-likeness (QED) is 0.697. The molecule has 9 heteroatoms. The fourth-order valence-electron chi connectivity index (χ4n) is 3.71. The van der Waals surface area contributed by atoms with Crippen LogP contribution in [0.2, 0.25) is 0 Å². The molecule has 1 atom stereocenters. The van der Waals surface area contributed by atoms with E-state index in [1.807, 2.05) is 11.0 Å².